The summed E-state index contributed by atoms with van der Waals surface area (Å²) in [6.45, 7) is 1.58. The summed E-state index contributed by atoms with van der Waals surface area (Å²) in [5, 5.41) is 3.25. The Bertz CT molecular complexity index is 419. The van der Waals surface area contributed by atoms with E-state index in [0.29, 0.717) is 6.54 Å². The van der Waals surface area contributed by atoms with E-state index in [2.05, 4.69) is 27.3 Å². The molecule has 0 aromatic heterocycles. The van der Waals surface area contributed by atoms with E-state index in [0.717, 1.165) is 29.4 Å². The molecule has 0 radical (unpaired) electrons. The lowest BCUT2D eigenvalue weighted by molar-refractivity contribution is -0.151. The van der Waals surface area contributed by atoms with Gasteiger partial charge >= 0.3 is 5.97 Å². The van der Waals surface area contributed by atoms with Gasteiger partial charge in [0.15, 0.2) is 0 Å². The summed E-state index contributed by atoms with van der Waals surface area (Å²) in [4.78, 5) is 12.0. The number of methoxy groups -OCH3 is 1. The average Bonchev–Trinajstić information content (AvgIpc) is 2.78. The van der Waals surface area contributed by atoms with Crippen molar-refractivity contribution in [1.82, 2.24) is 5.32 Å². The van der Waals surface area contributed by atoms with Crippen LogP contribution in [0, 0.1) is 5.41 Å². The van der Waals surface area contributed by atoms with Gasteiger partial charge in [0.1, 0.15) is 0 Å². The number of rotatable bonds is 3. The molecule has 0 saturated carbocycles. The molecule has 1 heterocycles. The molecule has 1 unspecified atom stereocenters. The van der Waals surface area contributed by atoms with Crippen LogP contribution in [0.2, 0.25) is 0 Å². The molecule has 100 valence electrons. The number of hydrogen-bond donors (Lipinski definition) is 1. The first kappa shape index (κ1) is 15.5. The molecule has 1 N–H and O–H groups in total. The molecule has 3 nitrogen and oxygen atoms in total. The molecule has 5 heteroatoms. The predicted molar refractivity (Wildman–Crippen MR) is 77.0 cm³/mol. The van der Waals surface area contributed by atoms with Crippen molar-refractivity contribution in [1.29, 1.82) is 0 Å². The van der Waals surface area contributed by atoms with Gasteiger partial charge in [-0.3, -0.25) is 4.79 Å². The van der Waals surface area contributed by atoms with Crippen molar-refractivity contribution in [2.75, 3.05) is 20.2 Å². The smallest absolute Gasteiger partial charge is 0.313 e. The molecule has 1 fully saturated rings. The van der Waals surface area contributed by atoms with Crippen LogP contribution >= 0.6 is 28.3 Å². The van der Waals surface area contributed by atoms with E-state index in [1.165, 1.54) is 7.11 Å². The van der Waals surface area contributed by atoms with E-state index in [1.807, 2.05) is 18.2 Å². The zero-order chi connectivity index (χ0) is 12.3. The summed E-state index contributed by atoms with van der Waals surface area (Å²) in [5.74, 6) is -0.109. The standard InChI is InChI=1S/C13H16BrNO2.ClH/c1-17-12(16)13(5-6-15-9-13)8-10-3-2-4-11(14)7-10;/h2-4,7,15H,5-6,8-9H2,1H3;1H. The quantitative estimate of drug-likeness (QED) is 0.864. The first-order chi connectivity index (χ1) is 8.16. The minimum Gasteiger partial charge on any atom is -0.469 e. The molecule has 0 bridgehead atoms. The van der Waals surface area contributed by atoms with E-state index in [4.69, 9.17) is 4.74 Å². The Hall–Kier alpha value is -0.580. The number of halogens is 2. The maximum Gasteiger partial charge on any atom is 0.313 e. The monoisotopic (exact) mass is 333 g/mol. The molecule has 1 atom stereocenters. The van der Waals surface area contributed by atoms with E-state index in [9.17, 15) is 4.79 Å². The minimum atomic E-state index is -0.393. The Morgan fingerprint density at radius 3 is 2.89 bits per heavy atom. The third-order valence-electron chi connectivity index (χ3n) is 3.29. The first-order valence-electron chi connectivity index (χ1n) is 5.70. The van der Waals surface area contributed by atoms with Gasteiger partial charge < -0.3 is 10.1 Å². The Balaban J connectivity index is 0.00000162. The molecule has 0 spiro atoms. The fourth-order valence-corrected chi connectivity index (χ4v) is 2.84. The SMILES string of the molecule is COC(=O)C1(Cc2cccc(Br)c2)CCNC1.Cl. The maximum absolute atomic E-state index is 12.0. The van der Waals surface area contributed by atoms with Crippen LogP contribution in [-0.2, 0) is 16.0 Å². The first-order valence-corrected chi connectivity index (χ1v) is 6.49. The number of carbonyl (C=O) groups is 1. The fourth-order valence-electron chi connectivity index (χ4n) is 2.40. The second-order valence-electron chi connectivity index (χ2n) is 4.51. The molecule has 1 aliphatic rings. The molecule has 1 saturated heterocycles. The number of benzene rings is 1. The van der Waals surface area contributed by atoms with Crippen molar-refractivity contribution in [3.05, 3.63) is 34.3 Å². The van der Waals surface area contributed by atoms with Crippen molar-refractivity contribution >= 4 is 34.3 Å². The molecule has 18 heavy (non-hydrogen) atoms. The molecule has 1 aromatic carbocycles. The predicted octanol–water partition coefficient (Wildman–Crippen LogP) is 2.57. The lowest BCUT2D eigenvalue weighted by Gasteiger charge is -2.25. The summed E-state index contributed by atoms with van der Waals surface area (Å²) in [5.41, 5.74) is 0.767. The highest BCUT2D eigenvalue weighted by atomic mass is 79.9. The van der Waals surface area contributed by atoms with Crippen molar-refractivity contribution < 1.29 is 9.53 Å². The number of carbonyl (C=O) groups excluding carboxylic acids is 1. The van der Waals surface area contributed by atoms with Gasteiger partial charge in [-0.25, -0.2) is 0 Å². The van der Waals surface area contributed by atoms with Gasteiger partial charge in [-0.2, -0.15) is 0 Å². The number of nitrogens with one attached hydrogen (secondary N) is 1. The van der Waals surface area contributed by atoms with Crippen molar-refractivity contribution in [3.63, 3.8) is 0 Å². The molecule has 1 aliphatic heterocycles. The van der Waals surface area contributed by atoms with E-state index in [1.54, 1.807) is 0 Å². The van der Waals surface area contributed by atoms with Gasteiger partial charge in [0.05, 0.1) is 12.5 Å². The summed E-state index contributed by atoms with van der Waals surface area (Å²) < 4.78 is 5.99. The van der Waals surface area contributed by atoms with Crippen LogP contribution in [0.4, 0.5) is 0 Å². The summed E-state index contributed by atoms with van der Waals surface area (Å²) in [6, 6.07) is 8.09. The van der Waals surface area contributed by atoms with E-state index >= 15 is 0 Å². The van der Waals surface area contributed by atoms with Crippen LogP contribution in [0.15, 0.2) is 28.7 Å². The number of esters is 1. The molecule has 0 aliphatic carbocycles. The van der Waals surface area contributed by atoms with Crippen LogP contribution in [0.25, 0.3) is 0 Å². The summed E-state index contributed by atoms with van der Waals surface area (Å²) >= 11 is 3.45. The minimum absolute atomic E-state index is 0. The Morgan fingerprint density at radius 1 is 1.56 bits per heavy atom. The zero-order valence-corrected chi connectivity index (χ0v) is 12.6. The van der Waals surface area contributed by atoms with Gasteiger partial charge in [0.2, 0.25) is 0 Å². The zero-order valence-electron chi connectivity index (χ0n) is 10.2. The van der Waals surface area contributed by atoms with Gasteiger partial charge in [0.25, 0.3) is 0 Å². The highest BCUT2D eigenvalue weighted by Crippen LogP contribution is 2.32. The number of hydrogen-bond acceptors (Lipinski definition) is 3. The largest absolute Gasteiger partial charge is 0.469 e. The maximum atomic E-state index is 12.0. The topological polar surface area (TPSA) is 38.3 Å². The van der Waals surface area contributed by atoms with Gasteiger partial charge in [-0.15, -0.1) is 12.4 Å². The second kappa shape index (κ2) is 6.55. The molecule has 2 rings (SSSR count). The second-order valence-corrected chi connectivity index (χ2v) is 5.42. The van der Waals surface area contributed by atoms with E-state index in [-0.39, 0.29) is 18.4 Å². The van der Waals surface area contributed by atoms with Crippen LogP contribution < -0.4 is 5.32 Å². The lowest BCUT2D eigenvalue weighted by Crippen LogP contribution is -2.36. The van der Waals surface area contributed by atoms with Crippen LogP contribution in [0.5, 0.6) is 0 Å². The van der Waals surface area contributed by atoms with Crippen LogP contribution in [-0.4, -0.2) is 26.2 Å². The third-order valence-corrected chi connectivity index (χ3v) is 3.79. The summed E-state index contributed by atoms with van der Waals surface area (Å²) in [7, 11) is 1.46. The average molecular weight is 335 g/mol. The van der Waals surface area contributed by atoms with Crippen LogP contribution in [0.1, 0.15) is 12.0 Å². The highest BCUT2D eigenvalue weighted by Gasteiger charge is 2.42. The van der Waals surface area contributed by atoms with E-state index < -0.39 is 5.41 Å². The number of ether oxygens (including phenoxy) is 1. The summed E-state index contributed by atoms with van der Waals surface area (Å²) in [6.07, 6.45) is 1.57. The molecule has 1 aromatic rings. The Kier molecular flexibility index (Phi) is 5.63. The van der Waals surface area contributed by atoms with Gasteiger partial charge in [-0.1, -0.05) is 28.1 Å². The van der Waals surface area contributed by atoms with Crippen molar-refractivity contribution in [2.24, 2.45) is 5.41 Å². The fraction of sp³-hybridized carbons (Fsp3) is 0.462. The third kappa shape index (κ3) is 3.25. The Morgan fingerprint density at radius 2 is 2.33 bits per heavy atom. The van der Waals surface area contributed by atoms with Crippen molar-refractivity contribution in [2.45, 2.75) is 12.8 Å². The highest BCUT2D eigenvalue weighted by molar-refractivity contribution is 9.10. The normalized spacial score (nSPS) is 22.3. The van der Waals surface area contributed by atoms with Gasteiger partial charge in [-0.05, 0) is 37.1 Å². The van der Waals surface area contributed by atoms with Gasteiger partial charge in [0, 0.05) is 11.0 Å². The van der Waals surface area contributed by atoms with Crippen LogP contribution in [0.3, 0.4) is 0 Å². The Labute approximate surface area is 122 Å². The van der Waals surface area contributed by atoms with Crippen molar-refractivity contribution in [3.8, 4) is 0 Å². The lowest BCUT2D eigenvalue weighted by atomic mass is 9.81. The molecular formula is C13H17BrClNO2. The molecular weight excluding hydrogens is 318 g/mol. The molecule has 0 amide bonds.